The predicted molar refractivity (Wildman–Crippen MR) is 132 cm³/mol. The molecule has 0 aromatic heterocycles. The number of ether oxygens (including phenoxy) is 1. The maximum atomic E-state index is 14.9. The lowest BCUT2D eigenvalue weighted by Gasteiger charge is -2.29. The third-order valence-corrected chi connectivity index (χ3v) is 7.18. The SMILES string of the molecule is CCCC1CCC(c2ccc(COc3ccc(-c4ccc(CC)cc4F)cc3)c(F)c2F)CC1. The molecule has 0 N–H and O–H groups in total. The molecule has 34 heavy (non-hydrogen) atoms. The van der Waals surface area contributed by atoms with Crippen molar-refractivity contribution in [1.82, 2.24) is 0 Å². The van der Waals surface area contributed by atoms with Crippen molar-refractivity contribution in [2.75, 3.05) is 0 Å². The van der Waals surface area contributed by atoms with Gasteiger partial charge in [0.25, 0.3) is 0 Å². The Labute approximate surface area is 201 Å². The van der Waals surface area contributed by atoms with Crippen molar-refractivity contribution in [3.63, 3.8) is 0 Å². The Kier molecular flexibility index (Phi) is 7.97. The topological polar surface area (TPSA) is 9.23 Å². The summed E-state index contributed by atoms with van der Waals surface area (Å²) in [5.74, 6) is -0.474. The second-order valence-corrected chi connectivity index (χ2v) is 9.43. The van der Waals surface area contributed by atoms with Crippen LogP contribution in [0.1, 0.15) is 75.0 Å². The van der Waals surface area contributed by atoms with Crippen molar-refractivity contribution in [2.24, 2.45) is 5.92 Å². The summed E-state index contributed by atoms with van der Waals surface area (Å²) in [5.41, 5.74) is 2.91. The van der Waals surface area contributed by atoms with Crippen LogP contribution in [0.3, 0.4) is 0 Å². The molecular weight excluding hydrogens is 433 g/mol. The molecule has 4 rings (SSSR count). The van der Waals surface area contributed by atoms with E-state index >= 15 is 0 Å². The van der Waals surface area contributed by atoms with Gasteiger partial charge in [-0.3, -0.25) is 0 Å². The lowest BCUT2D eigenvalue weighted by Crippen LogP contribution is -2.15. The van der Waals surface area contributed by atoms with E-state index in [2.05, 4.69) is 6.92 Å². The molecule has 180 valence electrons. The summed E-state index contributed by atoms with van der Waals surface area (Å²) >= 11 is 0. The van der Waals surface area contributed by atoms with Gasteiger partial charge in [0.05, 0.1) is 0 Å². The lowest BCUT2D eigenvalue weighted by molar-refractivity contribution is 0.292. The smallest absolute Gasteiger partial charge is 0.165 e. The first-order valence-electron chi connectivity index (χ1n) is 12.5. The molecule has 0 unspecified atom stereocenters. The summed E-state index contributed by atoms with van der Waals surface area (Å²) in [7, 11) is 0. The molecule has 1 nitrogen and oxygen atoms in total. The van der Waals surface area contributed by atoms with Crippen LogP contribution < -0.4 is 4.74 Å². The van der Waals surface area contributed by atoms with Gasteiger partial charge in [-0.1, -0.05) is 63.1 Å². The van der Waals surface area contributed by atoms with E-state index in [0.29, 0.717) is 16.9 Å². The van der Waals surface area contributed by atoms with Crippen LogP contribution in [0.5, 0.6) is 5.75 Å². The van der Waals surface area contributed by atoms with E-state index in [9.17, 15) is 13.2 Å². The monoisotopic (exact) mass is 466 g/mol. The summed E-state index contributed by atoms with van der Waals surface area (Å²) in [6.45, 7) is 4.12. The highest BCUT2D eigenvalue weighted by molar-refractivity contribution is 5.65. The summed E-state index contributed by atoms with van der Waals surface area (Å²) < 4.78 is 49.8. The van der Waals surface area contributed by atoms with Gasteiger partial charge in [0, 0.05) is 11.1 Å². The Morgan fingerprint density at radius 2 is 1.56 bits per heavy atom. The highest BCUT2D eigenvalue weighted by Crippen LogP contribution is 2.39. The third kappa shape index (κ3) is 5.48. The minimum absolute atomic E-state index is 0.0643. The molecular formula is C30H33F3O. The first kappa shape index (κ1) is 24.4. The maximum absolute atomic E-state index is 14.9. The van der Waals surface area contributed by atoms with Gasteiger partial charge < -0.3 is 4.74 Å². The fourth-order valence-electron chi connectivity index (χ4n) is 5.11. The number of hydrogen-bond donors (Lipinski definition) is 0. The molecule has 1 saturated carbocycles. The largest absolute Gasteiger partial charge is 0.489 e. The van der Waals surface area contributed by atoms with E-state index < -0.39 is 11.6 Å². The number of benzene rings is 3. The maximum Gasteiger partial charge on any atom is 0.165 e. The first-order chi connectivity index (χ1) is 16.5. The zero-order chi connectivity index (χ0) is 24.1. The zero-order valence-corrected chi connectivity index (χ0v) is 20.0. The number of hydrogen-bond acceptors (Lipinski definition) is 1. The molecule has 0 bridgehead atoms. The number of rotatable bonds is 8. The molecule has 0 amide bonds. The van der Waals surface area contributed by atoms with Crippen molar-refractivity contribution in [2.45, 2.75) is 71.3 Å². The van der Waals surface area contributed by atoms with Crippen molar-refractivity contribution in [3.8, 4) is 16.9 Å². The third-order valence-electron chi connectivity index (χ3n) is 7.18. The quantitative estimate of drug-likeness (QED) is 0.322. The van der Waals surface area contributed by atoms with Crippen molar-refractivity contribution in [3.05, 3.63) is 88.7 Å². The second-order valence-electron chi connectivity index (χ2n) is 9.43. The lowest BCUT2D eigenvalue weighted by atomic mass is 9.77. The Bertz CT molecular complexity index is 1100. The van der Waals surface area contributed by atoms with Gasteiger partial charge in [0.2, 0.25) is 0 Å². The van der Waals surface area contributed by atoms with Crippen molar-refractivity contribution in [1.29, 1.82) is 0 Å². The Balaban J connectivity index is 1.39. The van der Waals surface area contributed by atoms with E-state index in [4.69, 9.17) is 4.74 Å². The zero-order valence-electron chi connectivity index (χ0n) is 20.0. The summed E-state index contributed by atoms with van der Waals surface area (Å²) in [5, 5.41) is 0. The van der Waals surface area contributed by atoms with Gasteiger partial charge in [-0.05, 0) is 78.8 Å². The Morgan fingerprint density at radius 3 is 2.21 bits per heavy atom. The Morgan fingerprint density at radius 1 is 0.824 bits per heavy atom. The average Bonchev–Trinajstić information content (AvgIpc) is 2.86. The fourth-order valence-corrected chi connectivity index (χ4v) is 5.11. The summed E-state index contributed by atoms with van der Waals surface area (Å²) in [6, 6.07) is 15.6. The van der Waals surface area contributed by atoms with Crippen LogP contribution in [0.25, 0.3) is 11.1 Å². The second kappa shape index (κ2) is 11.1. The van der Waals surface area contributed by atoms with Gasteiger partial charge in [-0.25, -0.2) is 13.2 Å². The Hall–Kier alpha value is -2.75. The molecule has 0 spiro atoms. The van der Waals surface area contributed by atoms with Crippen molar-refractivity contribution >= 4 is 0 Å². The van der Waals surface area contributed by atoms with Crippen LogP contribution in [0, 0.1) is 23.4 Å². The van der Waals surface area contributed by atoms with Crippen LogP contribution in [0.2, 0.25) is 0 Å². The minimum atomic E-state index is -0.817. The van der Waals surface area contributed by atoms with Gasteiger partial charge in [0.15, 0.2) is 11.6 Å². The molecule has 1 aliphatic carbocycles. The minimum Gasteiger partial charge on any atom is -0.489 e. The normalized spacial score (nSPS) is 18.1. The van der Waals surface area contributed by atoms with Crippen LogP contribution >= 0.6 is 0 Å². The van der Waals surface area contributed by atoms with Gasteiger partial charge in [-0.15, -0.1) is 0 Å². The van der Waals surface area contributed by atoms with E-state index in [-0.39, 0.29) is 23.9 Å². The molecule has 4 heteroatoms. The van der Waals surface area contributed by atoms with E-state index in [0.717, 1.165) is 49.1 Å². The molecule has 0 atom stereocenters. The highest BCUT2D eigenvalue weighted by Gasteiger charge is 2.26. The molecule has 1 fully saturated rings. The molecule has 3 aromatic rings. The van der Waals surface area contributed by atoms with E-state index in [1.807, 2.05) is 13.0 Å². The molecule has 0 aliphatic heterocycles. The summed E-state index contributed by atoms with van der Waals surface area (Å²) in [6.07, 6.45) is 7.21. The molecule has 0 heterocycles. The van der Waals surface area contributed by atoms with Crippen LogP contribution in [0.4, 0.5) is 13.2 Å². The van der Waals surface area contributed by atoms with Gasteiger partial charge >= 0.3 is 0 Å². The molecule has 0 radical (unpaired) electrons. The molecule has 0 saturated heterocycles. The van der Waals surface area contributed by atoms with Crippen molar-refractivity contribution < 1.29 is 17.9 Å². The van der Waals surface area contributed by atoms with E-state index in [1.54, 1.807) is 48.5 Å². The van der Waals surface area contributed by atoms with Crippen LogP contribution in [-0.4, -0.2) is 0 Å². The van der Waals surface area contributed by atoms with Gasteiger partial charge in [0.1, 0.15) is 18.2 Å². The number of halogens is 3. The van der Waals surface area contributed by atoms with Gasteiger partial charge in [-0.2, -0.15) is 0 Å². The van der Waals surface area contributed by atoms with E-state index in [1.165, 1.54) is 12.8 Å². The molecule has 3 aromatic carbocycles. The predicted octanol–water partition coefficient (Wildman–Crippen LogP) is 8.99. The van der Waals surface area contributed by atoms with Crippen LogP contribution in [0.15, 0.2) is 54.6 Å². The van der Waals surface area contributed by atoms with Crippen LogP contribution in [-0.2, 0) is 13.0 Å². The summed E-state index contributed by atoms with van der Waals surface area (Å²) in [4.78, 5) is 0. The standard InChI is InChI=1S/C30H33F3O/c1-3-5-21-6-9-23(10-7-21)27-17-13-24(29(32)30(27)33)19-34-25-14-11-22(12-15-25)26-16-8-20(4-2)18-28(26)31/h8,11-18,21,23H,3-7,9-10,19H2,1-2H3. The first-order valence-corrected chi connectivity index (χ1v) is 12.5. The molecule has 1 aliphatic rings. The number of aryl methyl sites for hydroxylation is 1. The average molecular weight is 467 g/mol. The fraction of sp³-hybridized carbons (Fsp3) is 0.400. The highest BCUT2D eigenvalue weighted by atomic mass is 19.2.